The molecule has 66 valence electrons. The molecule has 0 aliphatic rings. The van der Waals surface area contributed by atoms with Crippen LogP contribution in [0, 0.1) is 0 Å². The van der Waals surface area contributed by atoms with Crippen LogP contribution in [0.15, 0.2) is 35.1 Å². The van der Waals surface area contributed by atoms with Crippen LogP contribution in [0.1, 0.15) is 5.56 Å². The number of pyridine rings is 1. The Morgan fingerprint density at radius 3 is 2.54 bits per heavy atom. The molecule has 0 spiro atoms. The van der Waals surface area contributed by atoms with Gasteiger partial charge in [0.2, 0.25) is 0 Å². The van der Waals surface area contributed by atoms with Gasteiger partial charge in [-0.05, 0) is 26.9 Å². The standard InChI is InChI=1S/C10H7Br2N/c11-5-7-6-13-10(12)9-4-2-1-3-8(7)9/h1-4,6H,5H2. The zero-order valence-corrected chi connectivity index (χ0v) is 9.97. The van der Waals surface area contributed by atoms with E-state index in [-0.39, 0.29) is 0 Å². The summed E-state index contributed by atoms with van der Waals surface area (Å²) in [5, 5.41) is 3.26. The van der Waals surface area contributed by atoms with Gasteiger partial charge in [-0.1, -0.05) is 40.2 Å². The van der Waals surface area contributed by atoms with Gasteiger partial charge in [-0.15, -0.1) is 0 Å². The number of aromatic nitrogens is 1. The molecule has 0 aliphatic carbocycles. The summed E-state index contributed by atoms with van der Waals surface area (Å²) in [6, 6.07) is 8.24. The minimum Gasteiger partial charge on any atom is -0.248 e. The SMILES string of the molecule is BrCc1cnc(Br)c2ccccc12. The summed E-state index contributed by atoms with van der Waals surface area (Å²) in [7, 11) is 0. The van der Waals surface area contributed by atoms with Crippen molar-refractivity contribution < 1.29 is 0 Å². The summed E-state index contributed by atoms with van der Waals surface area (Å²) in [6.45, 7) is 0. The summed E-state index contributed by atoms with van der Waals surface area (Å²) in [5.74, 6) is 0. The summed E-state index contributed by atoms with van der Waals surface area (Å²) < 4.78 is 0.910. The molecule has 1 aromatic heterocycles. The zero-order chi connectivity index (χ0) is 9.26. The highest BCUT2D eigenvalue weighted by Gasteiger charge is 2.02. The molecule has 2 rings (SSSR count). The first-order chi connectivity index (χ1) is 6.33. The summed E-state index contributed by atoms with van der Waals surface area (Å²) in [6.07, 6.45) is 1.89. The molecule has 0 aliphatic heterocycles. The second kappa shape index (κ2) is 3.76. The lowest BCUT2D eigenvalue weighted by Gasteiger charge is -2.03. The fourth-order valence-corrected chi connectivity index (χ4v) is 2.22. The van der Waals surface area contributed by atoms with Crippen molar-refractivity contribution in [3.05, 3.63) is 40.6 Å². The molecule has 0 unspecified atom stereocenters. The number of hydrogen-bond donors (Lipinski definition) is 0. The summed E-state index contributed by atoms with van der Waals surface area (Å²) in [5.41, 5.74) is 1.22. The third-order valence-corrected chi connectivity index (χ3v) is 3.21. The predicted octanol–water partition coefficient (Wildman–Crippen LogP) is 3.89. The van der Waals surface area contributed by atoms with Crippen LogP contribution in [0.3, 0.4) is 0 Å². The van der Waals surface area contributed by atoms with Gasteiger partial charge in [0.1, 0.15) is 4.60 Å². The molecular weight excluding hydrogens is 294 g/mol. The monoisotopic (exact) mass is 299 g/mol. The van der Waals surface area contributed by atoms with Crippen LogP contribution < -0.4 is 0 Å². The number of halogens is 2. The highest BCUT2D eigenvalue weighted by molar-refractivity contribution is 9.10. The van der Waals surface area contributed by atoms with E-state index in [1.165, 1.54) is 16.3 Å². The van der Waals surface area contributed by atoms with Crippen LogP contribution in [0.4, 0.5) is 0 Å². The minimum atomic E-state index is 0.841. The maximum Gasteiger partial charge on any atom is 0.113 e. The van der Waals surface area contributed by atoms with E-state index in [2.05, 4.69) is 49.0 Å². The maximum atomic E-state index is 4.26. The third kappa shape index (κ3) is 1.63. The first kappa shape index (κ1) is 9.16. The molecule has 0 atom stereocenters. The number of hydrogen-bond acceptors (Lipinski definition) is 1. The Hall–Kier alpha value is -0.410. The second-order valence-electron chi connectivity index (χ2n) is 2.75. The van der Waals surface area contributed by atoms with Crippen molar-refractivity contribution in [3.8, 4) is 0 Å². The van der Waals surface area contributed by atoms with Gasteiger partial charge in [0.15, 0.2) is 0 Å². The molecule has 2 aromatic rings. The molecule has 0 fully saturated rings. The predicted molar refractivity (Wildman–Crippen MR) is 62.1 cm³/mol. The zero-order valence-electron chi connectivity index (χ0n) is 6.80. The fraction of sp³-hybridized carbons (Fsp3) is 0.100. The van der Waals surface area contributed by atoms with Crippen LogP contribution in [-0.4, -0.2) is 4.98 Å². The van der Waals surface area contributed by atoms with E-state index in [0.29, 0.717) is 0 Å². The average molecular weight is 301 g/mol. The lowest BCUT2D eigenvalue weighted by Crippen LogP contribution is -1.85. The lowest BCUT2D eigenvalue weighted by atomic mass is 10.1. The Kier molecular flexibility index (Phi) is 2.65. The van der Waals surface area contributed by atoms with E-state index in [9.17, 15) is 0 Å². The quantitative estimate of drug-likeness (QED) is 0.575. The van der Waals surface area contributed by atoms with Gasteiger partial charge >= 0.3 is 0 Å². The van der Waals surface area contributed by atoms with Crippen LogP contribution in [-0.2, 0) is 5.33 Å². The topological polar surface area (TPSA) is 12.9 Å². The largest absolute Gasteiger partial charge is 0.248 e. The third-order valence-electron chi connectivity index (χ3n) is 1.97. The molecule has 0 radical (unpaired) electrons. The lowest BCUT2D eigenvalue weighted by molar-refractivity contribution is 1.26. The number of nitrogens with zero attached hydrogens (tertiary/aromatic N) is 1. The van der Waals surface area contributed by atoms with Gasteiger partial charge in [0, 0.05) is 16.9 Å². The Morgan fingerprint density at radius 1 is 1.15 bits per heavy atom. The number of fused-ring (bicyclic) bond motifs is 1. The summed E-state index contributed by atoms with van der Waals surface area (Å²) >= 11 is 6.88. The van der Waals surface area contributed by atoms with E-state index in [0.717, 1.165) is 9.93 Å². The van der Waals surface area contributed by atoms with E-state index in [1.807, 2.05) is 18.3 Å². The van der Waals surface area contributed by atoms with Crippen molar-refractivity contribution in [1.82, 2.24) is 4.98 Å². The Balaban J connectivity index is 2.84. The van der Waals surface area contributed by atoms with Gasteiger partial charge in [0.25, 0.3) is 0 Å². The van der Waals surface area contributed by atoms with Gasteiger partial charge in [-0.3, -0.25) is 0 Å². The second-order valence-corrected chi connectivity index (χ2v) is 4.07. The van der Waals surface area contributed by atoms with Gasteiger partial charge < -0.3 is 0 Å². The van der Waals surface area contributed by atoms with Gasteiger partial charge in [-0.2, -0.15) is 0 Å². The summed E-state index contributed by atoms with van der Waals surface area (Å²) in [4.78, 5) is 4.26. The van der Waals surface area contributed by atoms with E-state index in [4.69, 9.17) is 0 Å². The number of benzene rings is 1. The van der Waals surface area contributed by atoms with Crippen molar-refractivity contribution in [1.29, 1.82) is 0 Å². The first-order valence-electron chi connectivity index (χ1n) is 3.91. The van der Waals surface area contributed by atoms with Crippen molar-refractivity contribution in [2.75, 3.05) is 0 Å². The molecular formula is C10H7Br2N. The molecule has 3 heteroatoms. The Bertz CT molecular complexity index is 440. The van der Waals surface area contributed by atoms with Crippen LogP contribution in [0.5, 0.6) is 0 Å². The minimum absolute atomic E-state index is 0.841. The van der Waals surface area contributed by atoms with Crippen molar-refractivity contribution in [2.45, 2.75) is 5.33 Å². The molecule has 13 heavy (non-hydrogen) atoms. The van der Waals surface area contributed by atoms with Gasteiger partial charge in [-0.25, -0.2) is 4.98 Å². The van der Waals surface area contributed by atoms with E-state index in [1.54, 1.807) is 0 Å². The van der Waals surface area contributed by atoms with Crippen LogP contribution >= 0.6 is 31.9 Å². The number of rotatable bonds is 1. The van der Waals surface area contributed by atoms with Crippen molar-refractivity contribution in [3.63, 3.8) is 0 Å². The normalized spacial score (nSPS) is 10.6. The van der Waals surface area contributed by atoms with Crippen LogP contribution in [0.25, 0.3) is 10.8 Å². The molecule has 0 saturated heterocycles. The molecule has 1 aromatic carbocycles. The molecule has 0 amide bonds. The fourth-order valence-electron chi connectivity index (χ4n) is 1.32. The molecule has 0 saturated carbocycles. The van der Waals surface area contributed by atoms with Crippen molar-refractivity contribution >= 4 is 42.6 Å². The van der Waals surface area contributed by atoms with E-state index < -0.39 is 0 Å². The molecule has 0 N–H and O–H groups in total. The smallest absolute Gasteiger partial charge is 0.113 e. The highest BCUT2D eigenvalue weighted by Crippen LogP contribution is 2.25. The Morgan fingerprint density at radius 2 is 1.85 bits per heavy atom. The Labute approximate surface area is 93.4 Å². The van der Waals surface area contributed by atoms with Gasteiger partial charge in [0.05, 0.1) is 0 Å². The molecule has 1 heterocycles. The first-order valence-corrected chi connectivity index (χ1v) is 5.82. The number of alkyl halides is 1. The maximum absolute atomic E-state index is 4.26. The molecule has 0 bridgehead atoms. The molecule has 1 nitrogen and oxygen atoms in total. The van der Waals surface area contributed by atoms with E-state index >= 15 is 0 Å². The highest BCUT2D eigenvalue weighted by atomic mass is 79.9. The van der Waals surface area contributed by atoms with Crippen LogP contribution in [0.2, 0.25) is 0 Å². The van der Waals surface area contributed by atoms with Crippen molar-refractivity contribution in [2.24, 2.45) is 0 Å². The average Bonchev–Trinajstić information content (AvgIpc) is 2.19.